The summed E-state index contributed by atoms with van der Waals surface area (Å²) in [6.45, 7) is 5.24. The Kier molecular flexibility index (Phi) is 2.36. The van der Waals surface area contributed by atoms with Crippen LogP contribution in [0, 0.1) is 13.8 Å². The van der Waals surface area contributed by atoms with Gasteiger partial charge in [-0.15, -0.1) is 0 Å². The summed E-state index contributed by atoms with van der Waals surface area (Å²) in [6, 6.07) is 8.72. The minimum absolute atomic E-state index is 1.05. The Morgan fingerprint density at radius 2 is 1.88 bits per heavy atom. The number of rotatable bonds is 1. The van der Waals surface area contributed by atoms with Crippen LogP contribution in [0.4, 0.5) is 0 Å². The van der Waals surface area contributed by atoms with Crippen LogP contribution in [0.1, 0.15) is 29.1 Å². The lowest BCUT2D eigenvalue weighted by Gasteiger charge is -2.17. The highest BCUT2D eigenvalue weighted by Gasteiger charge is 2.15. The van der Waals surface area contributed by atoms with Crippen molar-refractivity contribution in [3.05, 3.63) is 59.2 Å². The van der Waals surface area contributed by atoms with E-state index in [1.807, 2.05) is 6.20 Å². The second kappa shape index (κ2) is 3.88. The standard InChI is InChI=1S/C15H16N2/c1-11-5-7-13(8-6-11)14-4-3-9-17-12(2)16-10-15(14)17/h4-8,10H,3,9H2,1-2H3. The number of nitrogens with zero attached hydrogens (tertiary/aromatic N) is 2. The maximum Gasteiger partial charge on any atom is 0.105 e. The number of fused-ring (bicyclic) bond motifs is 1. The van der Waals surface area contributed by atoms with Gasteiger partial charge in [-0.05, 0) is 25.8 Å². The molecule has 1 aliphatic heterocycles. The monoisotopic (exact) mass is 224 g/mol. The number of aromatic nitrogens is 2. The van der Waals surface area contributed by atoms with Crippen LogP contribution < -0.4 is 0 Å². The zero-order valence-electron chi connectivity index (χ0n) is 10.3. The van der Waals surface area contributed by atoms with E-state index in [-0.39, 0.29) is 0 Å². The Morgan fingerprint density at radius 3 is 2.65 bits per heavy atom. The van der Waals surface area contributed by atoms with Crippen molar-refractivity contribution < 1.29 is 0 Å². The summed E-state index contributed by atoms with van der Waals surface area (Å²) in [5, 5.41) is 0. The molecule has 0 bridgehead atoms. The summed E-state index contributed by atoms with van der Waals surface area (Å²) in [5.74, 6) is 1.11. The molecular formula is C15H16N2. The molecule has 1 aliphatic rings. The normalized spacial score (nSPS) is 14.4. The van der Waals surface area contributed by atoms with E-state index in [1.54, 1.807) is 0 Å². The van der Waals surface area contributed by atoms with E-state index in [9.17, 15) is 0 Å². The van der Waals surface area contributed by atoms with Gasteiger partial charge in [-0.3, -0.25) is 0 Å². The lowest BCUT2D eigenvalue weighted by atomic mass is 9.98. The molecule has 2 aromatic rings. The number of allylic oxidation sites excluding steroid dienone is 1. The molecule has 86 valence electrons. The molecule has 2 heterocycles. The minimum atomic E-state index is 1.05. The fourth-order valence-electron chi connectivity index (χ4n) is 2.41. The summed E-state index contributed by atoms with van der Waals surface area (Å²) in [7, 11) is 0. The molecule has 2 heteroatoms. The van der Waals surface area contributed by atoms with Crippen molar-refractivity contribution >= 4 is 5.57 Å². The maximum absolute atomic E-state index is 4.41. The first-order chi connectivity index (χ1) is 8.25. The van der Waals surface area contributed by atoms with E-state index in [4.69, 9.17) is 0 Å². The molecular weight excluding hydrogens is 208 g/mol. The average Bonchev–Trinajstić information content (AvgIpc) is 2.73. The van der Waals surface area contributed by atoms with Gasteiger partial charge >= 0.3 is 0 Å². The van der Waals surface area contributed by atoms with Crippen molar-refractivity contribution in [1.82, 2.24) is 9.55 Å². The summed E-state index contributed by atoms with van der Waals surface area (Å²) in [6.07, 6.45) is 5.40. The van der Waals surface area contributed by atoms with Crippen molar-refractivity contribution in [3.63, 3.8) is 0 Å². The number of hydrogen-bond donors (Lipinski definition) is 0. The van der Waals surface area contributed by atoms with Crippen molar-refractivity contribution in [1.29, 1.82) is 0 Å². The highest BCUT2D eigenvalue weighted by molar-refractivity contribution is 5.78. The Bertz CT molecular complexity index is 573. The third-order valence-corrected chi connectivity index (χ3v) is 3.39. The Hall–Kier alpha value is -1.83. The molecule has 0 radical (unpaired) electrons. The van der Waals surface area contributed by atoms with Gasteiger partial charge in [0.2, 0.25) is 0 Å². The predicted molar refractivity (Wildman–Crippen MR) is 69.8 cm³/mol. The van der Waals surface area contributed by atoms with Gasteiger partial charge in [-0.1, -0.05) is 35.9 Å². The average molecular weight is 224 g/mol. The van der Waals surface area contributed by atoms with Crippen LogP contribution in [0.5, 0.6) is 0 Å². The quantitative estimate of drug-likeness (QED) is 0.726. The molecule has 0 atom stereocenters. The Balaban J connectivity index is 2.09. The fourth-order valence-corrected chi connectivity index (χ4v) is 2.41. The van der Waals surface area contributed by atoms with Gasteiger partial charge in [-0.25, -0.2) is 4.98 Å². The van der Waals surface area contributed by atoms with Gasteiger partial charge in [0.25, 0.3) is 0 Å². The van der Waals surface area contributed by atoms with Crippen molar-refractivity contribution in [2.45, 2.75) is 26.8 Å². The first-order valence-electron chi connectivity index (χ1n) is 6.05. The van der Waals surface area contributed by atoms with Crippen molar-refractivity contribution in [2.75, 3.05) is 0 Å². The second-order valence-corrected chi connectivity index (χ2v) is 4.61. The molecule has 0 amide bonds. The van der Waals surface area contributed by atoms with Gasteiger partial charge in [0.1, 0.15) is 5.82 Å². The molecule has 0 fully saturated rings. The number of aryl methyl sites for hydroxylation is 2. The molecule has 0 unspecified atom stereocenters. The molecule has 0 saturated carbocycles. The highest BCUT2D eigenvalue weighted by atomic mass is 15.1. The maximum atomic E-state index is 4.41. The van der Waals surface area contributed by atoms with E-state index in [2.05, 4.69) is 53.7 Å². The van der Waals surface area contributed by atoms with Crippen LogP contribution in [0.25, 0.3) is 5.57 Å². The van der Waals surface area contributed by atoms with Crippen LogP contribution in [0.15, 0.2) is 36.5 Å². The third kappa shape index (κ3) is 1.70. The molecule has 0 N–H and O–H groups in total. The molecule has 0 spiro atoms. The third-order valence-electron chi connectivity index (χ3n) is 3.39. The van der Waals surface area contributed by atoms with Crippen LogP contribution in [-0.4, -0.2) is 9.55 Å². The SMILES string of the molecule is Cc1ccc(C2=CCCn3c2cnc3C)cc1. The summed E-state index contributed by atoms with van der Waals surface area (Å²) in [5.41, 5.74) is 5.15. The topological polar surface area (TPSA) is 17.8 Å². The van der Waals surface area contributed by atoms with E-state index in [1.165, 1.54) is 22.4 Å². The first kappa shape index (κ1) is 10.3. The largest absolute Gasteiger partial charge is 0.328 e. The Labute approximate surface area is 102 Å². The fraction of sp³-hybridized carbons (Fsp3) is 0.267. The van der Waals surface area contributed by atoms with Crippen LogP contribution in [0.3, 0.4) is 0 Å². The van der Waals surface area contributed by atoms with Crippen molar-refractivity contribution in [2.24, 2.45) is 0 Å². The van der Waals surface area contributed by atoms with Gasteiger partial charge in [0.15, 0.2) is 0 Å². The molecule has 1 aromatic heterocycles. The summed E-state index contributed by atoms with van der Waals surface area (Å²) < 4.78 is 2.30. The number of imidazole rings is 1. The summed E-state index contributed by atoms with van der Waals surface area (Å²) >= 11 is 0. The first-order valence-corrected chi connectivity index (χ1v) is 6.05. The van der Waals surface area contributed by atoms with E-state index < -0.39 is 0 Å². The van der Waals surface area contributed by atoms with Gasteiger partial charge in [-0.2, -0.15) is 0 Å². The van der Waals surface area contributed by atoms with Gasteiger partial charge in [0, 0.05) is 12.1 Å². The van der Waals surface area contributed by atoms with Crippen LogP contribution in [-0.2, 0) is 6.54 Å². The van der Waals surface area contributed by atoms with E-state index in [0.29, 0.717) is 0 Å². The number of benzene rings is 1. The van der Waals surface area contributed by atoms with E-state index in [0.717, 1.165) is 18.8 Å². The summed E-state index contributed by atoms with van der Waals surface area (Å²) in [4.78, 5) is 4.41. The smallest absolute Gasteiger partial charge is 0.105 e. The van der Waals surface area contributed by atoms with Crippen molar-refractivity contribution in [3.8, 4) is 0 Å². The molecule has 1 aromatic carbocycles. The molecule has 2 nitrogen and oxygen atoms in total. The second-order valence-electron chi connectivity index (χ2n) is 4.61. The zero-order chi connectivity index (χ0) is 11.8. The molecule has 17 heavy (non-hydrogen) atoms. The molecule has 0 aliphatic carbocycles. The minimum Gasteiger partial charge on any atom is -0.328 e. The van der Waals surface area contributed by atoms with Gasteiger partial charge < -0.3 is 4.57 Å². The van der Waals surface area contributed by atoms with Gasteiger partial charge in [0.05, 0.1) is 11.9 Å². The number of hydrogen-bond acceptors (Lipinski definition) is 1. The predicted octanol–water partition coefficient (Wildman–Crippen LogP) is 3.34. The van der Waals surface area contributed by atoms with E-state index >= 15 is 0 Å². The lowest BCUT2D eigenvalue weighted by molar-refractivity contribution is 0.665. The lowest BCUT2D eigenvalue weighted by Crippen LogP contribution is -2.09. The van der Waals surface area contributed by atoms with Crippen LogP contribution >= 0.6 is 0 Å². The highest BCUT2D eigenvalue weighted by Crippen LogP contribution is 2.28. The molecule has 0 saturated heterocycles. The van der Waals surface area contributed by atoms with Crippen LogP contribution in [0.2, 0.25) is 0 Å². The zero-order valence-corrected chi connectivity index (χ0v) is 10.3. The Morgan fingerprint density at radius 1 is 1.12 bits per heavy atom. The molecule has 3 rings (SSSR count).